The summed E-state index contributed by atoms with van der Waals surface area (Å²) in [5.74, 6) is -2.62. The average Bonchev–Trinajstić information content (AvgIpc) is 3.15. The minimum atomic E-state index is -0.912. The van der Waals surface area contributed by atoms with Crippen LogP contribution < -0.4 is 0 Å². The van der Waals surface area contributed by atoms with Crippen molar-refractivity contribution in [2.75, 3.05) is 0 Å². The van der Waals surface area contributed by atoms with E-state index in [0.29, 0.717) is 32.2 Å². The summed E-state index contributed by atoms with van der Waals surface area (Å²) in [6.07, 6.45) is 1.70. The Morgan fingerprint density at radius 3 is 1.92 bits per heavy atom. The summed E-state index contributed by atoms with van der Waals surface area (Å²) in [4.78, 5) is 27.4. The van der Waals surface area contributed by atoms with E-state index in [1.807, 2.05) is 58.2 Å². The maximum absolute atomic E-state index is 13.7. The number of nitrogens with zero attached hydrogens (tertiary/aromatic N) is 1. The van der Waals surface area contributed by atoms with E-state index in [0.717, 1.165) is 22.0 Å². The molecule has 2 aliphatic carbocycles. The van der Waals surface area contributed by atoms with E-state index >= 15 is 0 Å². The molecule has 2 fully saturated rings. The van der Waals surface area contributed by atoms with Gasteiger partial charge in [0.2, 0.25) is 0 Å². The second kappa shape index (κ2) is 9.73. The lowest BCUT2D eigenvalue weighted by Gasteiger charge is -2.46. The molecule has 5 rings (SSSR count). The van der Waals surface area contributed by atoms with Gasteiger partial charge < -0.3 is 14.8 Å². The van der Waals surface area contributed by atoms with E-state index in [1.54, 1.807) is 12.1 Å². The number of halogens is 1. The number of fused-ring (bicyclic) bond motifs is 1. The fourth-order valence-corrected chi connectivity index (χ4v) is 7.09. The third-order valence-corrected chi connectivity index (χ3v) is 8.62. The van der Waals surface area contributed by atoms with Gasteiger partial charge >= 0.3 is 0 Å². The average molecular weight is 520 g/mol. The number of carbonyl (C=O) groups excluding carboxylic acids is 2. The number of aliphatic hydroxyl groups excluding tert-OH is 2. The number of aliphatic hydroxyl groups is 2. The summed E-state index contributed by atoms with van der Waals surface area (Å²) in [6, 6.07) is 14.2. The number of para-hydroxylation sites is 1. The molecule has 2 aromatic carbocycles. The molecular formula is C32H38FNO4. The molecule has 2 N–H and O–H groups in total. The number of hydrogen-bond acceptors (Lipinski definition) is 4. The first-order valence-electron chi connectivity index (χ1n) is 13.6. The molecule has 0 saturated heterocycles. The van der Waals surface area contributed by atoms with E-state index < -0.39 is 30.0 Å². The summed E-state index contributed by atoms with van der Waals surface area (Å²) in [5, 5.41) is 23.7. The van der Waals surface area contributed by atoms with Gasteiger partial charge in [-0.15, -0.1) is 0 Å². The number of rotatable bonds is 5. The Morgan fingerprint density at radius 2 is 1.39 bits per heavy atom. The van der Waals surface area contributed by atoms with Crippen molar-refractivity contribution in [2.24, 2.45) is 22.7 Å². The Kier molecular flexibility index (Phi) is 6.85. The van der Waals surface area contributed by atoms with Crippen LogP contribution in [-0.2, 0) is 16.1 Å². The quantitative estimate of drug-likeness (QED) is 0.457. The molecule has 6 heteroatoms. The molecule has 202 valence electrons. The van der Waals surface area contributed by atoms with Crippen LogP contribution in [0.2, 0.25) is 0 Å². The highest BCUT2D eigenvalue weighted by Crippen LogP contribution is 2.51. The van der Waals surface area contributed by atoms with Gasteiger partial charge in [-0.25, -0.2) is 4.39 Å². The van der Waals surface area contributed by atoms with E-state index in [4.69, 9.17) is 0 Å². The van der Waals surface area contributed by atoms with Crippen LogP contribution in [0.4, 0.5) is 4.39 Å². The smallest absolute Gasteiger partial charge is 0.139 e. The maximum atomic E-state index is 13.7. The van der Waals surface area contributed by atoms with Gasteiger partial charge in [-0.05, 0) is 53.0 Å². The molecule has 1 unspecified atom stereocenters. The van der Waals surface area contributed by atoms with Gasteiger partial charge in [0.25, 0.3) is 0 Å². The van der Waals surface area contributed by atoms with E-state index in [2.05, 4.69) is 4.57 Å². The third-order valence-electron chi connectivity index (χ3n) is 8.62. The van der Waals surface area contributed by atoms with Crippen LogP contribution in [0, 0.1) is 28.5 Å². The third kappa shape index (κ3) is 5.08. The van der Waals surface area contributed by atoms with Crippen LogP contribution in [0.3, 0.4) is 0 Å². The summed E-state index contributed by atoms with van der Waals surface area (Å²) in [5.41, 5.74) is 1.99. The van der Waals surface area contributed by atoms with Crippen molar-refractivity contribution in [3.8, 4) is 0 Å². The monoisotopic (exact) mass is 519 g/mol. The van der Waals surface area contributed by atoms with Crippen molar-refractivity contribution in [1.82, 2.24) is 4.57 Å². The second-order valence-electron chi connectivity index (χ2n) is 13.1. The lowest BCUT2D eigenvalue weighted by atomic mass is 9.58. The minimum absolute atomic E-state index is 0.0565. The highest BCUT2D eigenvalue weighted by Gasteiger charge is 2.52. The van der Waals surface area contributed by atoms with Crippen LogP contribution in [0.5, 0.6) is 0 Å². The number of Topliss-reactive ketones (excluding diaryl/α,β-unsaturated/α-hetero) is 2. The topological polar surface area (TPSA) is 79.5 Å². The van der Waals surface area contributed by atoms with Crippen LogP contribution in [0.15, 0.2) is 54.7 Å². The van der Waals surface area contributed by atoms with Crippen molar-refractivity contribution in [1.29, 1.82) is 0 Å². The molecule has 38 heavy (non-hydrogen) atoms. The van der Waals surface area contributed by atoms with Crippen molar-refractivity contribution in [2.45, 2.75) is 78.0 Å². The van der Waals surface area contributed by atoms with Gasteiger partial charge in [-0.1, -0.05) is 58.0 Å². The Hall–Kier alpha value is -2.83. The van der Waals surface area contributed by atoms with Crippen LogP contribution in [0.1, 0.15) is 70.4 Å². The van der Waals surface area contributed by atoms with E-state index in [1.165, 1.54) is 12.1 Å². The Labute approximate surface area is 223 Å². The molecular weight excluding hydrogens is 481 g/mol. The molecule has 0 amide bonds. The number of carbonyl (C=O) groups is 2. The van der Waals surface area contributed by atoms with Gasteiger partial charge in [-0.2, -0.15) is 0 Å². The molecule has 5 nitrogen and oxygen atoms in total. The largest absolute Gasteiger partial charge is 0.392 e. The van der Waals surface area contributed by atoms with Crippen LogP contribution in [-0.4, -0.2) is 38.6 Å². The van der Waals surface area contributed by atoms with Crippen LogP contribution in [0.25, 0.3) is 10.9 Å². The van der Waals surface area contributed by atoms with Gasteiger partial charge in [0, 0.05) is 42.4 Å². The first kappa shape index (κ1) is 26.8. The van der Waals surface area contributed by atoms with Gasteiger partial charge in [0.1, 0.15) is 17.4 Å². The SMILES string of the molecule is CC1(C)CC(=O)[C@H](C(c2cn(Cc3ccc(F)cc3)c3ccccc23)[C@@H]2C(=O)CC(C)(C)C[C@@H]2O)[C@H](O)C1. The van der Waals surface area contributed by atoms with Crippen molar-refractivity contribution in [3.63, 3.8) is 0 Å². The zero-order chi connectivity index (χ0) is 27.4. The van der Waals surface area contributed by atoms with Gasteiger partial charge in [-0.3, -0.25) is 9.59 Å². The first-order valence-corrected chi connectivity index (χ1v) is 13.6. The zero-order valence-electron chi connectivity index (χ0n) is 22.7. The molecule has 0 spiro atoms. The highest BCUT2D eigenvalue weighted by atomic mass is 19.1. The minimum Gasteiger partial charge on any atom is -0.392 e. The van der Waals surface area contributed by atoms with Crippen molar-refractivity contribution >= 4 is 22.5 Å². The van der Waals surface area contributed by atoms with Gasteiger partial charge in [0.15, 0.2) is 0 Å². The Balaban J connectivity index is 1.66. The predicted molar refractivity (Wildman–Crippen MR) is 145 cm³/mol. The molecule has 2 aliphatic rings. The van der Waals surface area contributed by atoms with Crippen LogP contribution >= 0.6 is 0 Å². The van der Waals surface area contributed by atoms with Gasteiger partial charge in [0.05, 0.1) is 24.0 Å². The second-order valence-corrected chi connectivity index (χ2v) is 13.1. The Bertz CT molecular complexity index is 1310. The number of hydrogen-bond donors (Lipinski definition) is 2. The summed E-state index contributed by atoms with van der Waals surface area (Å²) in [6.45, 7) is 8.41. The summed E-state index contributed by atoms with van der Waals surface area (Å²) in [7, 11) is 0. The summed E-state index contributed by atoms with van der Waals surface area (Å²) >= 11 is 0. The Morgan fingerprint density at radius 1 is 0.868 bits per heavy atom. The lowest BCUT2D eigenvalue weighted by molar-refractivity contribution is -0.144. The fourth-order valence-electron chi connectivity index (χ4n) is 7.09. The van der Waals surface area contributed by atoms with E-state index in [9.17, 15) is 24.2 Å². The fraction of sp³-hybridized carbons (Fsp3) is 0.500. The van der Waals surface area contributed by atoms with E-state index in [-0.39, 0.29) is 28.2 Å². The van der Waals surface area contributed by atoms with Crippen molar-refractivity contribution in [3.05, 3.63) is 71.7 Å². The molecule has 5 atom stereocenters. The predicted octanol–water partition coefficient (Wildman–Crippen LogP) is 5.64. The maximum Gasteiger partial charge on any atom is 0.139 e. The molecule has 3 aromatic rings. The molecule has 1 aromatic heterocycles. The number of ketones is 2. The number of aromatic nitrogens is 1. The molecule has 0 radical (unpaired) electrons. The molecule has 0 bridgehead atoms. The zero-order valence-corrected chi connectivity index (χ0v) is 22.7. The molecule has 2 saturated carbocycles. The van der Waals surface area contributed by atoms with Crippen molar-refractivity contribution < 1.29 is 24.2 Å². The molecule has 1 heterocycles. The summed E-state index contributed by atoms with van der Waals surface area (Å²) < 4.78 is 15.6. The normalized spacial score (nSPS) is 28.0. The highest BCUT2D eigenvalue weighted by molar-refractivity contribution is 5.92. The first-order chi connectivity index (χ1) is 17.8. The standard InChI is InChI=1S/C32H38FNO4/c1-31(2)13-24(35)29(25(36)14-31)28(30-26(37)15-32(3,4)16-27(30)38)22-18-34(23-8-6-5-7-21(22)23)17-19-9-11-20(33)12-10-19/h5-12,18,24,26,28-30,35,37H,13-17H2,1-4H3/t24-,26+,28?,29-,30+. The molecule has 0 aliphatic heterocycles. The number of benzene rings is 2. The lowest BCUT2D eigenvalue weighted by Crippen LogP contribution is -2.51.